The molecule has 1 N–H and O–H groups in total. The molecule has 0 aliphatic heterocycles. The highest BCUT2D eigenvalue weighted by atomic mass is 32.2. The summed E-state index contributed by atoms with van der Waals surface area (Å²) < 4.78 is 15.7. The summed E-state index contributed by atoms with van der Waals surface area (Å²) in [4.78, 5) is 12.4. The highest BCUT2D eigenvalue weighted by Crippen LogP contribution is 2.24. The molecule has 1 unspecified atom stereocenters. The summed E-state index contributed by atoms with van der Waals surface area (Å²) in [6.45, 7) is 6.37. The Morgan fingerprint density at radius 2 is 1.80 bits per heavy atom. The van der Waals surface area contributed by atoms with Crippen molar-refractivity contribution in [3.05, 3.63) is 65.5 Å². The predicted octanol–water partition coefficient (Wildman–Crippen LogP) is 4.79. The fraction of sp³-hybridized carbons (Fsp3) is 0.348. The Kier molecular flexibility index (Phi) is 7.26. The first-order valence-corrected chi connectivity index (χ1v) is 11.0. The maximum Gasteiger partial charge on any atom is 0.230 e. The van der Waals surface area contributed by atoms with E-state index in [1.54, 1.807) is 29.8 Å². The number of carbonyl (C=O) groups is 1. The minimum Gasteiger partial charge on any atom is -0.349 e. The number of aromatic nitrogens is 3. The predicted molar refractivity (Wildman–Crippen MR) is 119 cm³/mol. The molecule has 2 aromatic carbocycles. The molecule has 3 rings (SSSR count). The lowest BCUT2D eigenvalue weighted by molar-refractivity contribution is -0.119. The van der Waals surface area contributed by atoms with Gasteiger partial charge in [-0.25, -0.2) is 4.39 Å². The number of hydrogen-bond donors (Lipinski definition) is 1. The number of nitrogens with zero attached hydrogens (tertiary/aromatic N) is 3. The lowest BCUT2D eigenvalue weighted by atomic mass is 10.00. The van der Waals surface area contributed by atoms with E-state index < -0.39 is 0 Å². The molecule has 0 fully saturated rings. The molecule has 0 saturated carbocycles. The third-order valence-corrected chi connectivity index (χ3v) is 5.80. The van der Waals surface area contributed by atoms with Crippen molar-refractivity contribution in [2.45, 2.75) is 38.4 Å². The molecule has 7 heteroatoms. The van der Waals surface area contributed by atoms with Crippen LogP contribution in [0.4, 0.5) is 4.39 Å². The van der Waals surface area contributed by atoms with Crippen LogP contribution in [-0.4, -0.2) is 26.4 Å². The van der Waals surface area contributed by atoms with Gasteiger partial charge in [0.05, 0.1) is 17.4 Å². The zero-order valence-electron chi connectivity index (χ0n) is 17.7. The van der Waals surface area contributed by atoms with E-state index in [4.69, 9.17) is 0 Å². The second-order valence-corrected chi connectivity index (χ2v) is 8.70. The van der Waals surface area contributed by atoms with Crippen molar-refractivity contribution in [1.29, 1.82) is 0 Å². The second kappa shape index (κ2) is 9.89. The Morgan fingerprint density at radius 3 is 2.47 bits per heavy atom. The number of halogens is 1. The van der Waals surface area contributed by atoms with Gasteiger partial charge in [-0.05, 0) is 42.5 Å². The number of hydrogen-bond acceptors (Lipinski definition) is 4. The molecule has 1 atom stereocenters. The Balaban J connectivity index is 1.56. The molecule has 158 valence electrons. The fourth-order valence-electron chi connectivity index (χ4n) is 3.23. The van der Waals surface area contributed by atoms with Gasteiger partial charge in [0.1, 0.15) is 5.82 Å². The smallest absolute Gasteiger partial charge is 0.230 e. The molecule has 3 aromatic rings. The van der Waals surface area contributed by atoms with Crippen LogP contribution in [0, 0.1) is 11.7 Å². The highest BCUT2D eigenvalue weighted by Gasteiger charge is 2.16. The number of rotatable bonds is 8. The average molecular weight is 427 g/mol. The van der Waals surface area contributed by atoms with Crippen LogP contribution in [0.2, 0.25) is 0 Å². The van der Waals surface area contributed by atoms with Gasteiger partial charge in [0.25, 0.3) is 0 Å². The highest BCUT2D eigenvalue weighted by molar-refractivity contribution is 7.99. The third-order valence-electron chi connectivity index (χ3n) is 4.78. The van der Waals surface area contributed by atoms with E-state index in [1.807, 2.05) is 6.92 Å². The van der Waals surface area contributed by atoms with Crippen LogP contribution in [0.15, 0.2) is 53.7 Å². The minimum atomic E-state index is -0.351. The normalized spacial score (nSPS) is 12.2. The standard InChI is InChI=1S/C23H27FN4OS/c1-15(2)13-17-9-11-18(12-10-17)16(3)25-21(29)14-30-23-27-26-22(28(23)4)19-7-5-6-8-20(19)24/h5-12,15-16H,13-14H2,1-4H3,(H,25,29). The maximum absolute atomic E-state index is 14.0. The van der Waals surface area contributed by atoms with Crippen molar-refractivity contribution in [1.82, 2.24) is 20.1 Å². The number of benzene rings is 2. The first-order valence-electron chi connectivity index (χ1n) is 10.0. The summed E-state index contributed by atoms with van der Waals surface area (Å²) in [5.41, 5.74) is 2.76. The topological polar surface area (TPSA) is 59.8 Å². The van der Waals surface area contributed by atoms with E-state index in [0.717, 1.165) is 12.0 Å². The van der Waals surface area contributed by atoms with Crippen LogP contribution in [0.3, 0.4) is 0 Å². The summed E-state index contributed by atoms with van der Waals surface area (Å²) in [6, 6.07) is 14.7. The number of amides is 1. The summed E-state index contributed by atoms with van der Waals surface area (Å²) in [5, 5.41) is 11.8. The van der Waals surface area contributed by atoms with Gasteiger partial charge in [-0.2, -0.15) is 0 Å². The Bertz CT molecular complexity index is 1000. The monoisotopic (exact) mass is 426 g/mol. The van der Waals surface area contributed by atoms with E-state index in [1.165, 1.54) is 23.4 Å². The molecule has 0 radical (unpaired) electrons. The first kappa shape index (κ1) is 22.0. The second-order valence-electron chi connectivity index (χ2n) is 7.76. The van der Waals surface area contributed by atoms with Crippen LogP contribution in [0.5, 0.6) is 0 Å². The van der Waals surface area contributed by atoms with Gasteiger partial charge < -0.3 is 9.88 Å². The van der Waals surface area contributed by atoms with Crippen LogP contribution >= 0.6 is 11.8 Å². The van der Waals surface area contributed by atoms with Crippen molar-refractivity contribution in [3.8, 4) is 11.4 Å². The van der Waals surface area contributed by atoms with Crippen LogP contribution in [0.1, 0.15) is 37.9 Å². The quantitative estimate of drug-likeness (QED) is 0.526. The number of nitrogens with one attached hydrogen (secondary N) is 1. The molecule has 5 nitrogen and oxygen atoms in total. The lowest BCUT2D eigenvalue weighted by Crippen LogP contribution is -2.28. The largest absolute Gasteiger partial charge is 0.349 e. The van der Waals surface area contributed by atoms with Crippen molar-refractivity contribution < 1.29 is 9.18 Å². The van der Waals surface area contributed by atoms with Gasteiger partial charge in [-0.3, -0.25) is 4.79 Å². The van der Waals surface area contributed by atoms with Crippen molar-refractivity contribution in [2.24, 2.45) is 13.0 Å². The van der Waals surface area contributed by atoms with Crippen molar-refractivity contribution in [2.75, 3.05) is 5.75 Å². The van der Waals surface area contributed by atoms with Gasteiger partial charge in [0, 0.05) is 7.05 Å². The molecule has 0 bridgehead atoms. The molecule has 30 heavy (non-hydrogen) atoms. The average Bonchev–Trinajstić information content (AvgIpc) is 3.07. The Hall–Kier alpha value is -2.67. The van der Waals surface area contributed by atoms with E-state index in [2.05, 4.69) is 53.6 Å². The zero-order valence-corrected chi connectivity index (χ0v) is 18.5. The molecular weight excluding hydrogens is 399 g/mol. The number of thioether (sulfide) groups is 1. The van der Waals surface area contributed by atoms with Crippen LogP contribution < -0.4 is 5.32 Å². The first-order chi connectivity index (χ1) is 14.3. The van der Waals surface area contributed by atoms with Crippen LogP contribution in [-0.2, 0) is 18.3 Å². The van der Waals surface area contributed by atoms with Gasteiger partial charge >= 0.3 is 0 Å². The SMILES string of the molecule is CC(C)Cc1ccc(C(C)NC(=O)CSc2nnc(-c3ccccc3F)n2C)cc1. The fourth-order valence-corrected chi connectivity index (χ4v) is 3.95. The number of carbonyl (C=O) groups excluding carboxylic acids is 1. The third kappa shape index (κ3) is 5.48. The Labute approximate surface area is 181 Å². The molecule has 0 saturated heterocycles. The molecule has 0 aliphatic rings. The summed E-state index contributed by atoms with van der Waals surface area (Å²) in [7, 11) is 1.77. The Morgan fingerprint density at radius 1 is 1.10 bits per heavy atom. The van der Waals surface area contributed by atoms with Gasteiger partial charge in [0.15, 0.2) is 11.0 Å². The van der Waals surface area contributed by atoms with Gasteiger partial charge in [-0.1, -0.05) is 62.0 Å². The molecule has 1 amide bonds. The van der Waals surface area contributed by atoms with Crippen LogP contribution in [0.25, 0.3) is 11.4 Å². The molecular formula is C23H27FN4OS. The molecule has 0 spiro atoms. The lowest BCUT2D eigenvalue weighted by Gasteiger charge is -2.15. The van der Waals surface area contributed by atoms with Crippen molar-refractivity contribution in [3.63, 3.8) is 0 Å². The zero-order chi connectivity index (χ0) is 21.7. The summed E-state index contributed by atoms with van der Waals surface area (Å²) in [5.74, 6) is 0.819. The van der Waals surface area contributed by atoms with E-state index >= 15 is 0 Å². The van der Waals surface area contributed by atoms with E-state index in [9.17, 15) is 9.18 Å². The van der Waals surface area contributed by atoms with Gasteiger partial charge in [-0.15, -0.1) is 10.2 Å². The maximum atomic E-state index is 14.0. The molecule has 1 heterocycles. The van der Waals surface area contributed by atoms with E-state index in [-0.39, 0.29) is 23.5 Å². The summed E-state index contributed by atoms with van der Waals surface area (Å²) in [6.07, 6.45) is 1.05. The van der Waals surface area contributed by atoms with E-state index in [0.29, 0.717) is 22.5 Å². The summed E-state index contributed by atoms with van der Waals surface area (Å²) >= 11 is 1.28. The molecule has 1 aromatic heterocycles. The molecule has 0 aliphatic carbocycles. The van der Waals surface area contributed by atoms with Gasteiger partial charge in [0.2, 0.25) is 5.91 Å². The minimum absolute atomic E-state index is 0.0836. The van der Waals surface area contributed by atoms with Crippen molar-refractivity contribution >= 4 is 17.7 Å².